The summed E-state index contributed by atoms with van der Waals surface area (Å²) in [5.41, 5.74) is 1.75. The van der Waals surface area contributed by atoms with Crippen LogP contribution < -0.4 is 19.7 Å². The van der Waals surface area contributed by atoms with Gasteiger partial charge in [-0.25, -0.2) is 9.97 Å². The van der Waals surface area contributed by atoms with Crippen molar-refractivity contribution in [3.05, 3.63) is 75.2 Å². The van der Waals surface area contributed by atoms with Gasteiger partial charge in [0, 0.05) is 39.2 Å². The number of nitrogens with one attached hydrogen (secondary N) is 1. The van der Waals surface area contributed by atoms with E-state index in [-0.39, 0.29) is 23.6 Å². The molecule has 2 aromatic carbocycles. The number of carbonyl (C=O) groups is 2. The summed E-state index contributed by atoms with van der Waals surface area (Å²) < 4.78 is 12.6. The van der Waals surface area contributed by atoms with Gasteiger partial charge in [-0.3, -0.25) is 14.5 Å². The summed E-state index contributed by atoms with van der Waals surface area (Å²) in [5, 5.41) is 3.84. The van der Waals surface area contributed by atoms with Crippen LogP contribution in [-0.4, -0.2) is 45.6 Å². The minimum Gasteiger partial charge on any atom is -0.480 e. The minimum absolute atomic E-state index is 0.117. The number of hydrogen-bond donors (Lipinski definition) is 1. The van der Waals surface area contributed by atoms with Gasteiger partial charge in [0.25, 0.3) is 11.8 Å². The summed E-state index contributed by atoms with van der Waals surface area (Å²) in [5.74, 6) is -0.280. The first kappa shape index (κ1) is 26.1. The van der Waals surface area contributed by atoms with E-state index in [1.165, 1.54) is 25.3 Å². The summed E-state index contributed by atoms with van der Waals surface area (Å²) in [6.07, 6.45) is 1.53. The number of halogens is 2. The third-order valence-corrected chi connectivity index (χ3v) is 7.55. The van der Waals surface area contributed by atoms with Crippen molar-refractivity contribution in [2.45, 2.75) is 32.4 Å². The molecular formula is C28H24Cl2N6O4. The summed E-state index contributed by atoms with van der Waals surface area (Å²) >= 11 is 12.8. The fourth-order valence-electron chi connectivity index (χ4n) is 5.63. The monoisotopic (exact) mass is 578 g/mol. The number of rotatable bonds is 5. The average molecular weight is 579 g/mol. The summed E-state index contributed by atoms with van der Waals surface area (Å²) in [4.78, 5) is 43.5. The fraction of sp³-hybridized carbons (Fsp3) is 0.250. The van der Waals surface area contributed by atoms with E-state index in [0.29, 0.717) is 44.1 Å². The van der Waals surface area contributed by atoms with Gasteiger partial charge in [-0.2, -0.15) is 4.98 Å². The maximum atomic E-state index is 14.4. The Bertz CT molecular complexity index is 1720. The average Bonchev–Trinajstić information content (AvgIpc) is 3.51. The highest BCUT2D eigenvalue weighted by molar-refractivity contribution is 6.32. The highest BCUT2D eigenvalue weighted by Crippen LogP contribution is 2.54. The van der Waals surface area contributed by atoms with E-state index in [2.05, 4.69) is 15.3 Å². The molecule has 1 spiro atoms. The molecule has 0 fully saturated rings. The standard InChI is InChI=1S/C28H24Cl2N6O4/c1-13(2)35-22-21(33-23(35)18-12-31-27(40-5)34-24(18)39-4)25(37)36(17-9-14(3)8-16(30)10-17)28(22)19-7-6-15(29)11-20(19)32-26(28)38/h6-13H,1-5H3,(H,32,38)/t28-/m1/s1. The Morgan fingerprint density at radius 1 is 1.00 bits per heavy atom. The summed E-state index contributed by atoms with van der Waals surface area (Å²) in [7, 11) is 2.93. The highest BCUT2D eigenvalue weighted by Gasteiger charge is 2.64. The number of aryl methyl sites for hydroxylation is 1. The smallest absolute Gasteiger partial charge is 0.319 e. The Morgan fingerprint density at radius 3 is 2.45 bits per heavy atom. The Balaban J connectivity index is 1.72. The second-order valence-corrected chi connectivity index (χ2v) is 10.7. The number of nitrogens with zero attached hydrogens (tertiary/aromatic N) is 5. The van der Waals surface area contributed by atoms with E-state index < -0.39 is 17.4 Å². The fourth-order valence-corrected chi connectivity index (χ4v) is 6.08. The molecule has 2 amide bonds. The number of anilines is 2. The van der Waals surface area contributed by atoms with Crippen molar-refractivity contribution in [3.63, 3.8) is 0 Å². The molecule has 4 aromatic rings. The van der Waals surface area contributed by atoms with E-state index in [0.717, 1.165) is 5.56 Å². The number of hydrogen-bond acceptors (Lipinski definition) is 7. The number of benzene rings is 2. The zero-order valence-corrected chi connectivity index (χ0v) is 23.8. The number of carbonyl (C=O) groups excluding carboxylic acids is 2. The van der Waals surface area contributed by atoms with Crippen LogP contribution in [0.1, 0.15) is 47.2 Å². The molecule has 2 aliphatic heterocycles. The molecule has 1 atom stereocenters. The van der Waals surface area contributed by atoms with Gasteiger partial charge in [0.15, 0.2) is 11.2 Å². The molecule has 2 aromatic heterocycles. The molecule has 2 aliphatic rings. The molecule has 0 radical (unpaired) electrons. The van der Waals surface area contributed by atoms with E-state index in [9.17, 15) is 9.59 Å². The first-order chi connectivity index (χ1) is 19.1. The third kappa shape index (κ3) is 3.52. The molecular weight excluding hydrogens is 555 g/mol. The van der Waals surface area contributed by atoms with Crippen LogP contribution in [-0.2, 0) is 10.3 Å². The predicted molar refractivity (Wildman–Crippen MR) is 151 cm³/mol. The van der Waals surface area contributed by atoms with E-state index in [1.807, 2.05) is 31.4 Å². The van der Waals surface area contributed by atoms with Crippen LogP contribution in [0, 0.1) is 6.92 Å². The molecule has 12 heteroatoms. The molecule has 0 saturated heterocycles. The molecule has 40 heavy (non-hydrogen) atoms. The summed E-state index contributed by atoms with van der Waals surface area (Å²) in [6.45, 7) is 5.77. The number of aromatic nitrogens is 4. The Kier molecular flexibility index (Phi) is 6.01. The highest BCUT2D eigenvalue weighted by atomic mass is 35.5. The number of fused-ring (bicyclic) bond motifs is 4. The lowest BCUT2D eigenvalue weighted by Gasteiger charge is -2.36. The molecule has 1 N–H and O–H groups in total. The van der Waals surface area contributed by atoms with Crippen LogP contribution in [0.3, 0.4) is 0 Å². The molecule has 6 rings (SSSR count). The van der Waals surface area contributed by atoms with Crippen LogP contribution >= 0.6 is 23.2 Å². The van der Waals surface area contributed by atoms with Gasteiger partial charge in [0.1, 0.15) is 5.82 Å². The second-order valence-electron chi connectivity index (χ2n) is 9.86. The molecule has 0 aliphatic carbocycles. The quantitative estimate of drug-likeness (QED) is 0.337. The molecule has 0 bridgehead atoms. The van der Waals surface area contributed by atoms with Crippen molar-refractivity contribution < 1.29 is 19.1 Å². The zero-order valence-electron chi connectivity index (χ0n) is 22.2. The van der Waals surface area contributed by atoms with E-state index in [1.54, 1.807) is 30.3 Å². The Hall–Kier alpha value is -4.15. The van der Waals surface area contributed by atoms with Crippen molar-refractivity contribution in [1.82, 2.24) is 19.5 Å². The largest absolute Gasteiger partial charge is 0.480 e. The van der Waals surface area contributed by atoms with Crippen LogP contribution in [0.25, 0.3) is 11.4 Å². The Labute approximate surface area is 239 Å². The lowest BCUT2D eigenvalue weighted by atomic mass is 9.87. The molecule has 10 nitrogen and oxygen atoms in total. The topological polar surface area (TPSA) is 111 Å². The zero-order chi connectivity index (χ0) is 28.5. The molecule has 204 valence electrons. The van der Waals surface area contributed by atoms with Gasteiger partial charge in [-0.1, -0.05) is 29.3 Å². The van der Waals surface area contributed by atoms with E-state index in [4.69, 9.17) is 37.7 Å². The molecule has 0 saturated carbocycles. The van der Waals surface area contributed by atoms with Gasteiger partial charge >= 0.3 is 6.01 Å². The number of imidazole rings is 1. The van der Waals surface area contributed by atoms with Gasteiger partial charge in [0.05, 0.1) is 25.5 Å². The third-order valence-electron chi connectivity index (χ3n) is 7.09. The number of ether oxygens (including phenoxy) is 2. The van der Waals surface area contributed by atoms with Crippen LogP contribution in [0.5, 0.6) is 11.9 Å². The lowest BCUT2D eigenvalue weighted by molar-refractivity contribution is -0.119. The minimum atomic E-state index is -1.60. The first-order valence-corrected chi connectivity index (χ1v) is 13.2. The maximum absolute atomic E-state index is 14.4. The lowest BCUT2D eigenvalue weighted by Crippen LogP contribution is -2.51. The molecule has 4 heterocycles. The van der Waals surface area contributed by atoms with Crippen LogP contribution in [0.15, 0.2) is 42.6 Å². The Morgan fingerprint density at radius 2 is 1.77 bits per heavy atom. The maximum Gasteiger partial charge on any atom is 0.319 e. The van der Waals surface area contributed by atoms with Crippen molar-refractivity contribution in [3.8, 4) is 23.3 Å². The van der Waals surface area contributed by atoms with Crippen molar-refractivity contribution in [1.29, 1.82) is 0 Å². The predicted octanol–water partition coefficient (Wildman–Crippen LogP) is 5.41. The second kappa shape index (κ2) is 9.21. The normalized spacial score (nSPS) is 17.4. The van der Waals surface area contributed by atoms with Gasteiger partial charge < -0.3 is 19.4 Å². The van der Waals surface area contributed by atoms with Crippen molar-refractivity contribution >= 4 is 46.4 Å². The molecule has 0 unspecified atom stereocenters. The van der Waals surface area contributed by atoms with Gasteiger partial charge in [0.2, 0.25) is 5.88 Å². The van der Waals surface area contributed by atoms with E-state index >= 15 is 0 Å². The summed E-state index contributed by atoms with van der Waals surface area (Å²) in [6, 6.07) is 10.3. The SMILES string of the molecule is COc1ncc(-c2nc3c(n2C(C)C)[C@]2(C(=O)Nc4cc(Cl)ccc42)N(c2cc(C)cc(Cl)c2)C3=O)c(OC)n1. The first-order valence-electron chi connectivity index (χ1n) is 12.4. The van der Waals surface area contributed by atoms with Crippen molar-refractivity contribution in [2.24, 2.45) is 0 Å². The van der Waals surface area contributed by atoms with Crippen LogP contribution in [0.2, 0.25) is 10.0 Å². The van der Waals surface area contributed by atoms with Crippen molar-refractivity contribution in [2.75, 3.05) is 24.4 Å². The number of methoxy groups -OCH3 is 2. The van der Waals surface area contributed by atoms with Gasteiger partial charge in [-0.15, -0.1) is 0 Å². The van der Waals surface area contributed by atoms with Gasteiger partial charge in [-0.05, 0) is 56.7 Å². The number of amides is 2. The van der Waals surface area contributed by atoms with Crippen LogP contribution in [0.4, 0.5) is 11.4 Å².